The number of carboxylic acids is 1. The van der Waals surface area contributed by atoms with Crippen molar-refractivity contribution in [3.8, 4) is 0 Å². The first-order valence-electron chi connectivity index (χ1n) is 6.22. The lowest BCUT2D eigenvalue weighted by molar-refractivity contribution is -0.137. The Balaban J connectivity index is 2.50. The monoisotopic (exact) mass is 212 g/mol. The maximum atomic E-state index is 10.6. The van der Waals surface area contributed by atoms with Crippen molar-refractivity contribution in [2.75, 3.05) is 0 Å². The number of hydrogen-bond donors (Lipinski definition) is 1. The second-order valence-electron chi connectivity index (χ2n) is 5.52. The summed E-state index contributed by atoms with van der Waals surface area (Å²) in [4.78, 5) is 10.6. The fourth-order valence-corrected chi connectivity index (χ4v) is 3.04. The van der Waals surface area contributed by atoms with Gasteiger partial charge in [0.15, 0.2) is 0 Å². The molecule has 1 N–H and O–H groups in total. The van der Waals surface area contributed by atoms with Crippen LogP contribution in [-0.2, 0) is 4.79 Å². The molecule has 15 heavy (non-hydrogen) atoms. The molecule has 1 saturated carbocycles. The van der Waals surface area contributed by atoms with Crippen LogP contribution in [0.5, 0.6) is 0 Å². The van der Waals surface area contributed by atoms with Gasteiger partial charge in [-0.15, -0.1) is 0 Å². The number of carbonyl (C=O) groups is 1. The average Bonchev–Trinajstić information content (AvgIpc) is 2.14. The third-order valence-corrected chi connectivity index (χ3v) is 3.89. The minimum Gasteiger partial charge on any atom is -0.481 e. The molecule has 0 saturated heterocycles. The van der Waals surface area contributed by atoms with E-state index in [1.807, 2.05) is 0 Å². The summed E-state index contributed by atoms with van der Waals surface area (Å²) in [6.45, 7) is 6.84. The van der Waals surface area contributed by atoms with E-state index in [9.17, 15) is 4.79 Å². The molecule has 0 aromatic rings. The van der Waals surface area contributed by atoms with Crippen LogP contribution in [0.1, 0.15) is 52.9 Å². The van der Waals surface area contributed by atoms with Crippen molar-refractivity contribution >= 4 is 5.97 Å². The quantitative estimate of drug-likeness (QED) is 0.773. The van der Waals surface area contributed by atoms with E-state index >= 15 is 0 Å². The molecule has 0 bridgehead atoms. The number of carboxylic acid groups (broad SMARTS) is 1. The first-order valence-corrected chi connectivity index (χ1v) is 6.22. The Labute approximate surface area is 93.1 Å². The van der Waals surface area contributed by atoms with Gasteiger partial charge in [0.1, 0.15) is 0 Å². The Hall–Kier alpha value is -0.530. The Morgan fingerprint density at radius 2 is 2.07 bits per heavy atom. The van der Waals surface area contributed by atoms with Gasteiger partial charge >= 0.3 is 5.97 Å². The molecular formula is C13H24O2. The molecule has 3 atom stereocenters. The third-order valence-electron chi connectivity index (χ3n) is 3.89. The lowest BCUT2D eigenvalue weighted by atomic mass is 9.68. The van der Waals surface area contributed by atoms with Gasteiger partial charge in [-0.25, -0.2) is 0 Å². The van der Waals surface area contributed by atoms with E-state index < -0.39 is 5.97 Å². The van der Waals surface area contributed by atoms with Crippen LogP contribution in [0.25, 0.3) is 0 Å². The molecule has 0 aromatic carbocycles. The van der Waals surface area contributed by atoms with E-state index in [0.717, 1.165) is 18.3 Å². The standard InChI is InChI=1S/C13H24O2/c1-9(2)12-6-4-10(3)8-11(12)5-7-13(14)15/h9-12H,4-8H2,1-3H3,(H,14,15). The second kappa shape index (κ2) is 5.53. The van der Waals surface area contributed by atoms with Gasteiger partial charge in [-0.1, -0.05) is 27.2 Å². The number of hydrogen-bond acceptors (Lipinski definition) is 1. The fourth-order valence-electron chi connectivity index (χ4n) is 3.04. The Morgan fingerprint density at radius 3 is 2.60 bits per heavy atom. The maximum Gasteiger partial charge on any atom is 0.303 e. The fraction of sp³-hybridized carbons (Fsp3) is 0.923. The summed E-state index contributed by atoms with van der Waals surface area (Å²) >= 11 is 0. The van der Waals surface area contributed by atoms with E-state index in [1.54, 1.807) is 0 Å². The molecule has 1 rings (SSSR count). The maximum absolute atomic E-state index is 10.6. The topological polar surface area (TPSA) is 37.3 Å². The molecule has 1 aliphatic carbocycles. The predicted molar refractivity (Wildman–Crippen MR) is 61.7 cm³/mol. The predicted octanol–water partition coefficient (Wildman–Crippen LogP) is 3.56. The van der Waals surface area contributed by atoms with Crippen molar-refractivity contribution in [2.45, 2.75) is 52.9 Å². The van der Waals surface area contributed by atoms with E-state index in [-0.39, 0.29) is 0 Å². The van der Waals surface area contributed by atoms with Crippen LogP contribution < -0.4 is 0 Å². The largest absolute Gasteiger partial charge is 0.481 e. The van der Waals surface area contributed by atoms with Gasteiger partial charge in [0.2, 0.25) is 0 Å². The molecule has 0 aromatic heterocycles. The van der Waals surface area contributed by atoms with Gasteiger partial charge in [0.05, 0.1) is 0 Å². The molecule has 2 nitrogen and oxygen atoms in total. The Morgan fingerprint density at radius 1 is 1.40 bits per heavy atom. The summed E-state index contributed by atoms with van der Waals surface area (Å²) in [5.74, 6) is 2.25. The highest BCUT2D eigenvalue weighted by molar-refractivity contribution is 5.66. The van der Waals surface area contributed by atoms with E-state index in [4.69, 9.17) is 5.11 Å². The van der Waals surface area contributed by atoms with Crippen molar-refractivity contribution in [1.82, 2.24) is 0 Å². The number of rotatable bonds is 4. The minimum atomic E-state index is -0.643. The summed E-state index contributed by atoms with van der Waals surface area (Å²) in [6, 6.07) is 0. The Bertz CT molecular complexity index is 211. The molecule has 0 aliphatic heterocycles. The number of aliphatic carboxylic acids is 1. The first kappa shape index (κ1) is 12.5. The molecule has 1 aliphatic rings. The lowest BCUT2D eigenvalue weighted by Gasteiger charge is -2.37. The Kier molecular flexibility index (Phi) is 4.62. The molecule has 2 heteroatoms. The third kappa shape index (κ3) is 3.84. The van der Waals surface area contributed by atoms with Crippen LogP contribution in [0.2, 0.25) is 0 Å². The highest BCUT2D eigenvalue weighted by Crippen LogP contribution is 2.40. The van der Waals surface area contributed by atoms with Crippen LogP contribution in [-0.4, -0.2) is 11.1 Å². The van der Waals surface area contributed by atoms with Crippen molar-refractivity contribution in [3.05, 3.63) is 0 Å². The van der Waals surface area contributed by atoms with Crippen LogP contribution in [0.3, 0.4) is 0 Å². The average molecular weight is 212 g/mol. The lowest BCUT2D eigenvalue weighted by Crippen LogP contribution is -2.28. The molecule has 88 valence electrons. The smallest absolute Gasteiger partial charge is 0.303 e. The van der Waals surface area contributed by atoms with Gasteiger partial charge in [0.25, 0.3) is 0 Å². The van der Waals surface area contributed by atoms with E-state index in [0.29, 0.717) is 18.3 Å². The normalized spacial score (nSPS) is 31.9. The summed E-state index contributed by atoms with van der Waals surface area (Å²) in [5, 5.41) is 8.73. The summed E-state index contributed by atoms with van der Waals surface area (Å²) in [7, 11) is 0. The SMILES string of the molecule is CC1CCC(C(C)C)C(CCC(=O)O)C1. The van der Waals surface area contributed by atoms with Gasteiger partial charge in [0, 0.05) is 6.42 Å². The minimum absolute atomic E-state index is 0.348. The van der Waals surface area contributed by atoms with Gasteiger partial charge < -0.3 is 5.11 Å². The van der Waals surface area contributed by atoms with Crippen molar-refractivity contribution < 1.29 is 9.90 Å². The zero-order chi connectivity index (χ0) is 11.4. The molecule has 3 unspecified atom stereocenters. The van der Waals surface area contributed by atoms with Gasteiger partial charge in [-0.2, -0.15) is 0 Å². The van der Waals surface area contributed by atoms with Crippen LogP contribution in [0.4, 0.5) is 0 Å². The molecule has 0 heterocycles. The molecule has 1 fully saturated rings. The molecule has 0 radical (unpaired) electrons. The van der Waals surface area contributed by atoms with Crippen LogP contribution in [0, 0.1) is 23.7 Å². The zero-order valence-electron chi connectivity index (χ0n) is 10.2. The second-order valence-corrected chi connectivity index (χ2v) is 5.52. The van der Waals surface area contributed by atoms with Crippen molar-refractivity contribution in [2.24, 2.45) is 23.7 Å². The molecule has 0 spiro atoms. The van der Waals surface area contributed by atoms with Gasteiger partial charge in [-0.05, 0) is 42.9 Å². The summed E-state index contributed by atoms with van der Waals surface area (Å²) in [5.41, 5.74) is 0. The van der Waals surface area contributed by atoms with Crippen LogP contribution >= 0.6 is 0 Å². The van der Waals surface area contributed by atoms with Gasteiger partial charge in [-0.3, -0.25) is 4.79 Å². The molecular weight excluding hydrogens is 188 g/mol. The van der Waals surface area contributed by atoms with Crippen molar-refractivity contribution in [1.29, 1.82) is 0 Å². The van der Waals surface area contributed by atoms with Crippen molar-refractivity contribution in [3.63, 3.8) is 0 Å². The summed E-state index contributed by atoms with van der Waals surface area (Å²) < 4.78 is 0. The molecule has 0 amide bonds. The first-order chi connectivity index (χ1) is 7.00. The summed E-state index contributed by atoms with van der Waals surface area (Å²) in [6.07, 6.45) is 5.08. The highest BCUT2D eigenvalue weighted by atomic mass is 16.4. The zero-order valence-corrected chi connectivity index (χ0v) is 10.2. The van der Waals surface area contributed by atoms with E-state index in [1.165, 1.54) is 19.3 Å². The van der Waals surface area contributed by atoms with E-state index in [2.05, 4.69) is 20.8 Å². The van der Waals surface area contributed by atoms with Crippen LogP contribution in [0.15, 0.2) is 0 Å². The highest BCUT2D eigenvalue weighted by Gasteiger charge is 2.30.